The van der Waals surface area contributed by atoms with Gasteiger partial charge in [-0.15, -0.1) is 0 Å². The molecule has 1 heterocycles. The van der Waals surface area contributed by atoms with Crippen molar-refractivity contribution in [2.75, 3.05) is 0 Å². The molecule has 0 bridgehead atoms. The molecule has 1 aromatic rings. The molecule has 6 heteroatoms. The van der Waals surface area contributed by atoms with Crippen LogP contribution in [-0.2, 0) is 0 Å². The SMILES string of the molecule is N#Cc1cc(F)c(I)c(C(F)F)n1. The third kappa shape index (κ3) is 2.09. The van der Waals surface area contributed by atoms with E-state index in [2.05, 4.69) is 4.98 Å². The first kappa shape index (κ1) is 10.2. The summed E-state index contributed by atoms with van der Waals surface area (Å²) < 4.78 is 37.0. The van der Waals surface area contributed by atoms with Gasteiger partial charge in [-0.3, -0.25) is 0 Å². The van der Waals surface area contributed by atoms with Gasteiger partial charge in [0, 0.05) is 6.07 Å². The minimum atomic E-state index is -2.87. The Morgan fingerprint density at radius 1 is 1.54 bits per heavy atom. The zero-order valence-corrected chi connectivity index (χ0v) is 8.22. The van der Waals surface area contributed by atoms with Crippen LogP contribution in [0.1, 0.15) is 17.8 Å². The van der Waals surface area contributed by atoms with Crippen LogP contribution in [0.2, 0.25) is 0 Å². The maximum Gasteiger partial charge on any atom is 0.281 e. The van der Waals surface area contributed by atoms with E-state index >= 15 is 0 Å². The fourth-order valence-electron chi connectivity index (χ4n) is 0.719. The molecule has 1 aromatic heterocycles. The third-order valence-corrected chi connectivity index (χ3v) is 2.33. The van der Waals surface area contributed by atoms with E-state index < -0.39 is 17.9 Å². The van der Waals surface area contributed by atoms with Crippen LogP contribution in [0.25, 0.3) is 0 Å². The molecule has 0 aromatic carbocycles. The third-order valence-electron chi connectivity index (χ3n) is 1.26. The van der Waals surface area contributed by atoms with Crippen molar-refractivity contribution in [1.82, 2.24) is 4.98 Å². The van der Waals surface area contributed by atoms with Crippen molar-refractivity contribution in [3.05, 3.63) is 26.8 Å². The van der Waals surface area contributed by atoms with Gasteiger partial charge in [-0.2, -0.15) is 5.26 Å². The average Bonchev–Trinajstić information content (AvgIpc) is 2.09. The first-order chi connectivity index (χ1) is 6.06. The molecule has 0 aliphatic carbocycles. The molecule has 2 nitrogen and oxygen atoms in total. The lowest BCUT2D eigenvalue weighted by Gasteiger charge is -2.02. The number of alkyl halides is 2. The maximum absolute atomic E-state index is 12.9. The molecule has 0 atom stereocenters. The lowest BCUT2D eigenvalue weighted by molar-refractivity contribution is 0.144. The second kappa shape index (κ2) is 3.91. The first-order valence-corrected chi connectivity index (χ1v) is 4.18. The minimum Gasteiger partial charge on any atom is -0.235 e. The summed E-state index contributed by atoms with van der Waals surface area (Å²) in [5.41, 5.74) is -1.02. The van der Waals surface area contributed by atoms with Crippen molar-refractivity contribution in [2.45, 2.75) is 6.43 Å². The van der Waals surface area contributed by atoms with Crippen molar-refractivity contribution in [1.29, 1.82) is 5.26 Å². The van der Waals surface area contributed by atoms with Gasteiger partial charge < -0.3 is 0 Å². The van der Waals surface area contributed by atoms with E-state index in [1.807, 2.05) is 0 Å². The zero-order valence-electron chi connectivity index (χ0n) is 6.06. The summed E-state index contributed by atoms with van der Waals surface area (Å²) in [6, 6.07) is 2.33. The number of pyridine rings is 1. The van der Waals surface area contributed by atoms with Crippen LogP contribution in [0.15, 0.2) is 6.07 Å². The number of hydrogen-bond acceptors (Lipinski definition) is 2. The van der Waals surface area contributed by atoms with Crippen LogP contribution < -0.4 is 0 Å². The molecule has 0 aliphatic rings. The average molecular weight is 298 g/mol. The van der Waals surface area contributed by atoms with Crippen molar-refractivity contribution >= 4 is 22.6 Å². The smallest absolute Gasteiger partial charge is 0.235 e. The first-order valence-electron chi connectivity index (χ1n) is 3.10. The normalized spacial score (nSPS) is 10.2. The maximum atomic E-state index is 12.9. The summed E-state index contributed by atoms with van der Waals surface area (Å²) in [6.07, 6.45) is -2.87. The van der Waals surface area contributed by atoms with Crippen molar-refractivity contribution < 1.29 is 13.2 Å². The van der Waals surface area contributed by atoms with Gasteiger partial charge in [0.15, 0.2) is 0 Å². The fourth-order valence-corrected chi connectivity index (χ4v) is 1.23. The van der Waals surface area contributed by atoms with E-state index in [4.69, 9.17) is 5.26 Å². The molecular formula is C7H2F3IN2. The lowest BCUT2D eigenvalue weighted by atomic mass is 10.3. The molecule has 0 spiro atoms. The quantitative estimate of drug-likeness (QED) is 0.747. The van der Waals surface area contributed by atoms with Gasteiger partial charge >= 0.3 is 0 Å². The van der Waals surface area contributed by atoms with Crippen LogP contribution in [0.5, 0.6) is 0 Å². The van der Waals surface area contributed by atoms with Gasteiger partial charge in [-0.05, 0) is 22.6 Å². The topological polar surface area (TPSA) is 36.7 Å². The standard InChI is InChI=1S/C7H2F3IN2/c8-4-1-3(2-12)13-6(5(4)11)7(9)10/h1,7H. The molecule has 0 saturated heterocycles. The largest absolute Gasteiger partial charge is 0.281 e. The highest BCUT2D eigenvalue weighted by molar-refractivity contribution is 14.1. The van der Waals surface area contributed by atoms with Gasteiger partial charge in [-0.25, -0.2) is 18.2 Å². The molecule has 0 radical (unpaired) electrons. The summed E-state index contributed by atoms with van der Waals surface area (Å²) in [7, 11) is 0. The molecule has 0 aliphatic heterocycles. The van der Waals surface area contributed by atoms with E-state index in [0.717, 1.165) is 6.07 Å². The van der Waals surface area contributed by atoms with Crippen molar-refractivity contribution in [3.63, 3.8) is 0 Å². The van der Waals surface area contributed by atoms with Gasteiger partial charge in [0.1, 0.15) is 23.3 Å². The highest BCUT2D eigenvalue weighted by Crippen LogP contribution is 2.24. The van der Waals surface area contributed by atoms with Crippen LogP contribution >= 0.6 is 22.6 Å². The molecule has 0 N–H and O–H groups in total. The molecule has 13 heavy (non-hydrogen) atoms. The van der Waals surface area contributed by atoms with Crippen LogP contribution in [0.3, 0.4) is 0 Å². The van der Waals surface area contributed by atoms with E-state index in [-0.39, 0.29) is 9.26 Å². The summed E-state index contributed by atoms with van der Waals surface area (Å²) in [6.45, 7) is 0. The molecule has 0 amide bonds. The number of halogens is 4. The predicted octanol–water partition coefficient (Wildman–Crippen LogP) is 2.63. The molecule has 1 rings (SSSR count). The van der Waals surface area contributed by atoms with Crippen LogP contribution in [-0.4, -0.2) is 4.98 Å². The van der Waals surface area contributed by atoms with Gasteiger partial charge in [0.05, 0.1) is 3.57 Å². The van der Waals surface area contributed by atoms with E-state index in [1.54, 1.807) is 0 Å². The van der Waals surface area contributed by atoms with E-state index in [0.29, 0.717) is 0 Å². The molecular weight excluding hydrogens is 296 g/mol. The predicted molar refractivity (Wildman–Crippen MR) is 46.6 cm³/mol. The second-order valence-electron chi connectivity index (χ2n) is 2.10. The molecule has 0 saturated carbocycles. The van der Waals surface area contributed by atoms with Crippen LogP contribution in [0, 0.1) is 20.7 Å². The van der Waals surface area contributed by atoms with E-state index in [1.165, 1.54) is 28.7 Å². The summed E-state index contributed by atoms with van der Waals surface area (Å²) >= 11 is 1.43. The van der Waals surface area contributed by atoms with Gasteiger partial charge in [-0.1, -0.05) is 0 Å². The van der Waals surface area contributed by atoms with Crippen molar-refractivity contribution in [2.24, 2.45) is 0 Å². The Labute approximate surface area is 85.5 Å². The Balaban J connectivity index is 3.35. The van der Waals surface area contributed by atoms with Gasteiger partial charge in [0.2, 0.25) is 0 Å². The Hall–Kier alpha value is -0.840. The van der Waals surface area contributed by atoms with E-state index in [9.17, 15) is 13.2 Å². The Morgan fingerprint density at radius 3 is 2.62 bits per heavy atom. The number of nitrogens with zero attached hydrogens (tertiary/aromatic N) is 2. The second-order valence-corrected chi connectivity index (χ2v) is 3.18. The molecule has 0 unspecified atom stereocenters. The summed E-state index contributed by atoms with van der Waals surface area (Å²) in [5, 5.41) is 8.33. The summed E-state index contributed by atoms with van der Waals surface area (Å²) in [5.74, 6) is -0.845. The van der Waals surface area contributed by atoms with Gasteiger partial charge in [0.25, 0.3) is 6.43 Å². The highest BCUT2D eigenvalue weighted by Gasteiger charge is 2.18. The zero-order chi connectivity index (χ0) is 10.0. The number of rotatable bonds is 1. The highest BCUT2D eigenvalue weighted by atomic mass is 127. The molecule has 68 valence electrons. The number of nitriles is 1. The lowest BCUT2D eigenvalue weighted by Crippen LogP contribution is -2.00. The van der Waals surface area contributed by atoms with Crippen molar-refractivity contribution in [3.8, 4) is 6.07 Å². The van der Waals surface area contributed by atoms with Crippen LogP contribution in [0.4, 0.5) is 13.2 Å². The Kier molecular flexibility index (Phi) is 3.08. The number of aromatic nitrogens is 1. The Morgan fingerprint density at radius 2 is 2.15 bits per heavy atom. The summed E-state index contributed by atoms with van der Waals surface area (Å²) in [4.78, 5) is 3.29. The molecule has 0 fully saturated rings. The number of hydrogen-bond donors (Lipinski definition) is 0. The fraction of sp³-hybridized carbons (Fsp3) is 0.143. The monoisotopic (exact) mass is 298 g/mol. The minimum absolute atomic E-state index is 0.244. The Bertz CT molecular complexity index is 373.